The Bertz CT molecular complexity index is 839. The van der Waals surface area contributed by atoms with Gasteiger partial charge >= 0.3 is 0 Å². The van der Waals surface area contributed by atoms with Gasteiger partial charge in [0, 0.05) is 48.7 Å². The van der Waals surface area contributed by atoms with Gasteiger partial charge in [0.25, 0.3) is 0 Å². The predicted octanol–water partition coefficient (Wildman–Crippen LogP) is 2.69. The highest BCUT2D eigenvalue weighted by Gasteiger charge is 2.21. The third kappa shape index (κ3) is 4.78. The van der Waals surface area contributed by atoms with Crippen LogP contribution in [0.15, 0.2) is 41.1 Å². The Kier molecular flexibility index (Phi) is 6.34. The fraction of sp³-hybridized carbons (Fsp3) is 0.263. The summed E-state index contributed by atoms with van der Waals surface area (Å²) in [5.41, 5.74) is 7.50. The number of benzene rings is 1. The summed E-state index contributed by atoms with van der Waals surface area (Å²) in [6, 6.07) is 7.36. The van der Waals surface area contributed by atoms with Crippen LogP contribution in [-0.2, 0) is 11.2 Å². The highest BCUT2D eigenvalue weighted by atomic mass is 79.9. The Morgan fingerprint density at radius 1 is 1.19 bits per heavy atom. The molecule has 1 aliphatic rings. The molecule has 0 atom stereocenters. The van der Waals surface area contributed by atoms with Gasteiger partial charge in [0.15, 0.2) is 0 Å². The van der Waals surface area contributed by atoms with Crippen LogP contribution in [0.3, 0.4) is 0 Å². The van der Waals surface area contributed by atoms with Crippen LogP contribution < -0.4 is 10.6 Å². The zero-order valence-corrected chi connectivity index (χ0v) is 16.9. The minimum absolute atomic E-state index is 0.0175. The number of primary amides is 1. The van der Waals surface area contributed by atoms with Crippen molar-refractivity contribution in [2.45, 2.75) is 6.42 Å². The van der Waals surface area contributed by atoms with Crippen LogP contribution in [0.1, 0.15) is 15.9 Å². The number of rotatable bonds is 5. The number of aromatic nitrogens is 1. The lowest BCUT2D eigenvalue weighted by atomic mass is 10.1. The number of anilines is 1. The van der Waals surface area contributed by atoms with Gasteiger partial charge in [0.1, 0.15) is 0 Å². The summed E-state index contributed by atoms with van der Waals surface area (Å²) in [6.07, 6.45) is 5.57. The number of nitrogens with two attached hydrogens (primary N) is 1. The van der Waals surface area contributed by atoms with Crippen molar-refractivity contribution in [3.8, 4) is 0 Å². The first-order valence-corrected chi connectivity index (χ1v) is 9.67. The van der Waals surface area contributed by atoms with Crippen LogP contribution in [0.2, 0.25) is 5.02 Å². The molecular weight excluding hydrogens is 432 g/mol. The van der Waals surface area contributed by atoms with Crippen LogP contribution in [0.4, 0.5) is 5.69 Å². The number of carbonyl (C=O) groups excluding carboxylic acids is 2. The topological polar surface area (TPSA) is 79.5 Å². The molecule has 141 valence electrons. The van der Waals surface area contributed by atoms with Gasteiger partial charge in [0.2, 0.25) is 11.8 Å². The average Bonchev–Trinajstić information content (AvgIpc) is 2.69. The molecule has 0 bridgehead atoms. The molecule has 1 aromatic carbocycles. The second-order valence-electron chi connectivity index (χ2n) is 6.23. The molecule has 1 aromatic heterocycles. The smallest absolute Gasteiger partial charge is 0.250 e. The third-order valence-electron chi connectivity index (χ3n) is 4.49. The van der Waals surface area contributed by atoms with E-state index in [1.54, 1.807) is 30.9 Å². The Balaban J connectivity index is 1.55. The molecule has 2 heterocycles. The number of hydrogen-bond donors (Lipinski definition) is 1. The molecule has 1 radical (unpaired) electrons. The first-order chi connectivity index (χ1) is 13.0. The van der Waals surface area contributed by atoms with Crippen molar-refractivity contribution in [3.63, 3.8) is 0 Å². The van der Waals surface area contributed by atoms with E-state index in [2.05, 4.69) is 25.8 Å². The largest absolute Gasteiger partial charge is 0.368 e. The summed E-state index contributed by atoms with van der Waals surface area (Å²) in [6.45, 7) is 2.88. The van der Waals surface area contributed by atoms with E-state index in [0.717, 1.165) is 24.3 Å². The lowest BCUT2D eigenvalue weighted by Crippen LogP contribution is -2.49. The molecule has 2 aromatic rings. The second-order valence-corrected chi connectivity index (χ2v) is 7.46. The van der Waals surface area contributed by atoms with Gasteiger partial charge in [-0.2, -0.15) is 0 Å². The minimum atomic E-state index is -0.596. The van der Waals surface area contributed by atoms with Crippen molar-refractivity contribution in [1.29, 1.82) is 0 Å². The number of amides is 2. The minimum Gasteiger partial charge on any atom is -0.368 e. The molecule has 8 heteroatoms. The highest BCUT2D eigenvalue weighted by molar-refractivity contribution is 9.10. The van der Waals surface area contributed by atoms with E-state index in [1.807, 2.05) is 17.0 Å². The molecule has 2 N–H and O–H groups in total. The Hall–Kier alpha value is -2.12. The van der Waals surface area contributed by atoms with Crippen molar-refractivity contribution in [3.05, 3.63) is 63.7 Å². The molecule has 0 spiro atoms. The number of nitrogens with zero attached hydrogens (tertiary/aromatic N) is 3. The molecule has 1 saturated heterocycles. The highest BCUT2D eigenvalue weighted by Crippen LogP contribution is 2.28. The third-order valence-corrected chi connectivity index (χ3v) is 5.75. The maximum absolute atomic E-state index is 12.5. The van der Waals surface area contributed by atoms with Crippen molar-refractivity contribution < 1.29 is 9.59 Å². The standard InChI is InChI=1S/C19H19BrClN4O2/c20-16-12-13(11-15(18(16)21)19(22)27)1-2-17(26)25-9-7-24(8-10-25)14-3-5-23-6-4-14/h2-6,11-12H,1,7-10H2,(H2,22,27). The van der Waals surface area contributed by atoms with E-state index in [1.165, 1.54) is 0 Å². The van der Waals surface area contributed by atoms with Gasteiger partial charge in [-0.1, -0.05) is 11.6 Å². The molecule has 0 unspecified atom stereocenters. The van der Waals surface area contributed by atoms with Crippen molar-refractivity contribution in [2.24, 2.45) is 5.73 Å². The molecule has 3 rings (SSSR count). The van der Waals surface area contributed by atoms with Gasteiger partial charge in [-0.25, -0.2) is 0 Å². The number of hydrogen-bond acceptors (Lipinski definition) is 4. The van der Waals surface area contributed by atoms with Crippen LogP contribution in [0.5, 0.6) is 0 Å². The zero-order valence-electron chi connectivity index (χ0n) is 14.6. The number of pyridine rings is 1. The Morgan fingerprint density at radius 2 is 1.85 bits per heavy atom. The molecule has 1 aliphatic heterocycles. The van der Waals surface area contributed by atoms with E-state index < -0.39 is 5.91 Å². The number of piperazine rings is 1. The van der Waals surface area contributed by atoms with Crippen LogP contribution >= 0.6 is 27.5 Å². The van der Waals surface area contributed by atoms with Gasteiger partial charge in [-0.3, -0.25) is 14.6 Å². The normalized spacial score (nSPS) is 14.3. The first-order valence-electron chi connectivity index (χ1n) is 8.50. The second kappa shape index (κ2) is 8.71. The molecular formula is C19H19BrClN4O2. The molecule has 27 heavy (non-hydrogen) atoms. The summed E-state index contributed by atoms with van der Waals surface area (Å²) in [5, 5.41) is 0.282. The first kappa shape index (κ1) is 19.6. The number of halogens is 2. The maximum atomic E-state index is 12.5. The average molecular weight is 451 g/mol. The lowest BCUT2D eigenvalue weighted by molar-refractivity contribution is -0.127. The summed E-state index contributed by atoms with van der Waals surface area (Å²) in [5.74, 6) is -0.614. The Morgan fingerprint density at radius 3 is 2.48 bits per heavy atom. The van der Waals surface area contributed by atoms with E-state index in [0.29, 0.717) is 24.0 Å². The maximum Gasteiger partial charge on any atom is 0.250 e. The summed E-state index contributed by atoms with van der Waals surface area (Å²) in [4.78, 5) is 32.1. The molecule has 0 aliphatic carbocycles. The molecule has 2 amide bonds. The molecule has 1 fully saturated rings. The van der Waals surface area contributed by atoms with Crippen molar-refractivity contribution in [2.75, 3.05) is 31.1 Å². The van der Waals surface area contributed by atoms with Gasteiger partial charge in [-0.15, -0.1) is 0 Å². The van der Waals surface area contributed by atoms with Crippen LogP contribution in [-0.4, -0.2) is 47.9 Å². The quantitative estimate of drug-likeness (QED) is 0.759. The van der Waals surface area contributed by atoms with E-state index in [9.17, 15) is 9.59 Å². The zero-order chi connectivity index (χ0) is 19.4. The summed E-state index contributed by atoms with van der Waals surface area (Å²) in [7, 11) is 0. The van der Waals surface area contributed by atoms with Crippen LogP contribution in [0.25, 0.3) is 0 Å². The van der Waals surface area contributed by atoms with Gasteiger partial charge < -0.3 is 15.5 Å². The Labute approximate surface area is 171 Å². The fourth-order valence-corrected chi connectivity index (χ4v) is 3.73. The van der Waals surface area contributed by atoms with E-state index in [4.69, 9.17) is 17.3 Å². The van der Waals surface area contributed by atoms with E-state index in [-0.39, 0.29) is 16.5 Å². The lowest BCUT2D eigenvalue weighted by Gasteiger charge is -2.36. The van der Waals surface area contributed by atoms with Crippen LogP contribution in [0, 0.1) is 6.42 Å². The SMILES string of the molecule is NC(=O)c1cc(C[CH]C(=O)N2CCN(c3ccncc3)CC2)cc(Br)c1Cl. The molecule has 0 saturated carbocycles. The predicted molar refractivity (Wildman–Crippen MR) is 109 cm³/mol. The summed E-state index contributed by atoms with van der Waals surface area (Å²) < 4.78 is 0.585. The fourth-order valence-electron chi connectivity index (χ4n) is 3.02. The van der Waals surface area contributed by atoms with Gasteiger partial charge in [0.05, 0.1) is 17.0 Å². The van der Waals surface area contributed by atoms with E-state index >= 15 is 0 Å². The summed E-state index contributed by atoms with van der Waals surface area (Å²) >= 11 is 9.39. The van der Waals surface area contributed by atoms with Crippen molar-refractivity contribution in [1.82, 2.24) is 9.88 Å². The number of carbonyl (C=O) groups is 2. The molecule has 6 nitrogen and oxygen atoms in total. The van der Waals surface area contributed by atoms with Gasteiger partial charge in [-0.05, 0) is 52.2 Å². The monoisotopic (exact) mass is 449 g/mol. The van der Waals surface area contributed by atoms with Crippen molar-refractivity contribution >= 4 is 45.0 Å².